The van der Waals surface area contributed by atoms with Crippen LogP contribution >= 0.6 is 0 Å². The van der Waals surface area contributed by atoms with Crippen LogP contribution in [0.25, 0.3) is 0 Å². The number of anilines is 2. The molecule has 24 heavy (non-hydrogen) atoms. The van der Waals surface area contributed by atoms with Gasteiger partial charge in [-0.1, -0.05) is 0 Å². The van der Waals surface area contributed by atoms with Gasteiger partial charge >= 0.3 is 12.1 Å². The van der Waals surface area contributed by atoms with Crippen molar-refractivity contribution in [1.82, 2.24) is 19.2 Å². The molecule has 0 atom stereocenters. The fraction of sp³-hybridized carbons (Fsp3) is 0.286. The van der Waals surface area contributed by atoms with Gasteiger partial charge in [-0.2, -0.15) is 4.68 Å². The Kier molecular flexibility index (Phi) is 4.87. The highest BCUT2D eigenvalue weighted by molar-refractivity contribution is 5.92. The molecule has 2 amide bonds. The van der Waals surface area contributed by atoms with Gasteiger partial charge < -0.3 is 16.4 Å². The number of aromatic nitrogens is 3. The predicted octanol–water partition coefficient (Wildman–Crippen LogP) is 0.597. The maximum Gasteiger partial charge on any atom is 0.344 e. The molecular weight excluding hydrogens is 312 g/mol. The Balaban J connectivity index is 2.07. The molecule has 0 saturated heterocycles. The summed E-state index contributed by atoms with van der Waals surface area (Å²) in [5.41, 5.74) is 11.4. The standard InChI is InChI=1S/C14H20N8O2/c1-19(6-4-11(16)17)13(23)22-8-5-12(18-22)20(2)14(24)21-7-3-10(15)9-21/h3,5,7-9H,4,6,15H2,1-2H3,(H3,16,17). The van der Waals surface area contributed by atoms with Crippen molar-refractivity contribution in [2.75, 3.05) is 31.3 Å². The predicted molar refractivity (Wildman–Crippen MR) is 90.2 cm³/mol. The lowest BCUT2D eigenvalue weighted by Crippen LogP contribution is -2.34. The SMILES string of the molecule is CN(CCC(=N)N)C(=O)n1ccc(N(C)C(=O)n2ccc(N)c2)n1. The van der Waals surface area contributed by atoms with Gasteiger partial charge in [-0.3, -0.25) is 14.9 Å². The van der Waals surface area contributed by atoms with Crippen molar-refractivity contribution in [1.29, 1.82) is 5.41 Å². The summed E-state index contributed by atoms with van der Waals surface area (Å²) >= 11 is 0. The molecular formula is C14H20N8O2. The van der Waals surface area contributed by atoms with Crippen LogP contribution in [0, 0.1) is 5.41 Å². The number of carbonyl (C=O) groups is 2. The van der Waals surface area contributed by atoms with Crippen LogP contribution in [-0.2, 0) is 0 Å². The van der Waals surface area contributed by atoms with E-state index in [0.717, 1.165) is 4.68 Å². The zero-order chi connectivity index (χ0) is 17.9. The first-order chi connectivity index (χ1) is 11.3. The van der Waals surface area contributed by atoms with Crippen molar-refractivity contribution in [3.8, 4) is 0 Å². The molecule has 10 nitrogen and oxygen atoms in total. The maximum absolute atomic E-state index is 12.3. The average Bonchev–Trinajstić information content (AvgIpc) is 3.19. The summed E-state index contributed by atoms with van der Waals surface area (Å²) in [7, 11) is 3.14. The molecule has 2 aromatic heterocycles. The summed E-state index contributed by atoms with van der Waals surface area (Å²) in [6, 6.07) is 2.43. The molecule has 2 rings (SSSR count). The quantitative estimate of drug-likeness (QED) is 0.555. The number of rotatable bonds is 4. The highest BCUT2D eigenvalue weighted by Crippen LogP contribution is 2.12. The second-order valence-electron chi connectivity index (χ2n) is 5.29. The topological polar surface area (TPSA) is 139 Å². The van der Waals surface area contributed by atoms with Crippen LogP contribution < -0.4 is 16.4 Å². The van der Waals surface area contributed by atoms with Gasteiger partial charge in [0.15, 0.2) is 5.82 Å². The largest absolute Gasteiger partial charge is 0.397 e. The van der Waals surface area contributed by atoms with E-state index in [1.54, 1.807) is 32.4 Å². The molecule has 5 N–H and O–H groups in total. The number of hydrogen-bond donors (Lipinski definition) is 3. The van der Waals surface area contributed by atoms with Gasteiger partial charge in [-0.15, -0.1) is 5.10 Å². The van der Waals surface area contributed by atoms with E-state index in [-0.39, 0.29) is 24.3 Å². The smallest absolute Gasteiger partial charge is 0.344 e. The fourth-order valence-corrected chi connectivity index (χ4v) is 1.96. The summed E-state index contributed by atoms with van der Waals surface area (Å²) in [4.78, 5) is 27.2. The van der Waals surface area contributed by atoms with Crippen LogP contribution in [0.15, 0.2) is 30.7 Å². The van der Waals surface area contributed by atoms with Crippen LogP contribution in [0.1, 0.15) is 6.42 Å². The van der Waals surface area contributed by atoms with E-state index in [2.05, 4.69) is 5.10 Å². The summed E-state index contributed by atoms with van der Waals surface area (Å²) < 4.78 is 2.46. The first-order valence-corrected chi connectivity index (χ1v) is 7.15. The first kappa shape index (κ1) is 17.1. The molecule has 2 aromatic rings. The van der Waals surface area contributed by atoms with Gasteiger partial charge in [0.2, 0.25) is 0 Å². The fourth-order valence-electron chi connectivity index (χ4n) is 1.96. The Bertz CT molecular complexity index is 762. The maximum atomic E-state index is 12.3. The lowest BCUT2D eigenvalue weighted by molar-refractivity contribution is 0.208. The molecule has 2 heterocycles. The van der Waals surface area contributed by atoms with Gasteiger partial charge in [0, 0.05) is 57.4 Å². The lowest BCUT2D eigenvalue weighted by Gasteiger charge is -2.17. The van der Waals surface area contributed by atoms with Crippen molar-refractivity contribution in [3.05, 3.63) is 30.7 Å². The molecule has 0 unspecified atom stereocenters. The van der Waals surface area contributed by atoms with Crippen LogP contribution in [0.5, 0.6) is 0 Å². The monoisotopic (exact) mass is 332 g/mol. The minimum atomic E-state index is -0.381. The zero-order valence-corrected chi connectivity index (χ0v) is 13.5. The number of nitrogens with two attached hydrogens (primary N) is 2. The third-order valence-electron chi connectivity index (χ3n) is 3.38. The van der Waals surface area contributed by atoms with E-state index >= 15 is 0 Å². The van der Waals surface area contributed by atoms with Crippen molar-refractivity contribution in [2.24, 2.45) is 5.73 Å². The Morgan fingerprint density at radius 2 is 1.96 bits per heavy atom. The Hall–Kier alpha value is -3.30. The molecule has 128 valence electrons. The van der Waals surface area contributed by atoms with Crippen molar-refractivity contribution < 1.29 is 9.59 Å². The van der Waals surface area contributed by atoms with Crippen molar-refractivity contribution in [3.63, 3.8) is 0 Å². The molecule has 0 fully saturated rings. The molecule has 10 heteroatoms. The Labute approximate surface area is 138 Å². The molecule has 0 bridgehead atoms. The van der Waals surface area contributed by atoms with Crippen molar-refractivity contribution in [2.45, 2.75) is 6.42 Å². The Morgan fingerprint density at radius 3 is 2.54 bits per heavy atom. The molecule has 0 saturated carbocycles. The molecule has 0 aliphatic rings. The first-order valence-electron chi connectivity index (χ1n) is 7.15. The van der Waals surface area contributed by atoms with E-state index in [1.807, 2.05) is 0 Å². The molecule has 0 aliphatic heterocycles. The molecule has 0 spiro atoms. The minimum absolute atomic E-state index is 0.00660. The highest BCUT2D eigenvalue weighted by Gasteiger charge is 2.18. The molecule has 0 aliphatic carbocycles. The van der Waals surface area contributed by atoms with Gasteiger partial charge in [0.25, 0.3) is 0 Å². The van der Waals surface area contributed by atoms with Crippen molar-refractivity contribution >= 4 is 29.4 Å². The number of carbonyl (C=O) groups excluding carboxylic acids is 2. The van der Waals surface area contributed by atoms with Gasteiger partial charge in [0.05, 0.1) is 5.84 Å². The minimum Gasteiger partial charge on any atom is -0.397 e. The molecule has 0 aromatic carbocycles. The van der Waals surface area contributed by atoms with Crippen LogP contribution in [-0.4, -0.2) is 57.8 Å². The third kappa shape index (κ3) is 3.72. The number of amides is 2. The number of nitrogens with one attached hydrogen (secondary N) is 1. The normalized spacial score (nSPS) is 10.4. The summed E-state index contributed by atoms with van der Waals surface area (Å²) in [6.45, 7) is 0.306. The van der Waals surface area contributed by atoms with Crippen LogP contribution in [0.2, 0.25) is 0 Å². The number of amidine groups is 1. The number of nitrogens with zero attached hydrogens (tertiary/aromatic N) is 5. The van der Waals surface area contributed by atoms with Gasteiger partial charge in [-0.05, 0) is 6.07 Å². The summed E-state index contributed by atoms with van der Waals surface area (Å²) in [5.74, 6) is 0.327. The van der Waals surface area contributed by atoms with E-state index < -0.39 is 0 Å². The van der Waals surface area contributed by atoms with Gasteiger partial charge in [-0.25, -0.2) is 9.59 Å². The van der Waals surface area contributed by atoms with E-state index in [0.29, 0.717) is 18.1 Å². The average molecular weight is 332 g/mol. The van der Waals surface area contributed by atoms with E-state index in [9.17, 15) is 9.59 Å². The lowest BCUT2D eigenvalue weighted by atomic mass is 10.4. The molecule has 0 radical (unpaired) electrons. The number of hydrogen-bond acceptors (Lipinski definition) is 5. The number of nitrogen functional groups attached to an aromatic ring is 1. The second-order valence-corrected chi connectivity index (χ2v) is 5.29. The highest BCUT2D eigenvalue weighted by atomic mass is 16.2. The summed E-state index contributed by atoms with van der Waals surface area (Å²) in [5, 5.41) is 11.3. The van der Waals surface area contributed by atoms with Gasteiger partial charge in [0.1, 0.15) is 0 Å². The Morgan fingerprint density at radius 1 is 1.25 bits per heavy atom. The summed E-state index contributed by atoms with van der Waals surface area (Å²) in [6.07, 6.45) is 4.79. The zero-order valence-electron chi connectivity index (χ0n) is 13.5. The van der Waals surface area contributed by atoms with Crippen LogP contribution in [0.4, 0.5) is 21.1 Å². The van der Waals surface area contributed by atoms with Crippen LogP contribution in [0.3, 0.4) is 0 Å². The second kappa shape index (κ2) is 6.86. The van der Waals surface area contributed by atoms with E-state index in [4.69, 9.17) is 16.9 Å². The third-order valence-corrected chi connectivity index (χ3v) is 3.38. The van der Waals surface area contributed by atoms with E-state index in [1.165, 1.54) is 26.8 Å².